The molecule has 1 aliphatic carbocycles. The van der Waals surface area contributed by atoms with E-state index in [-0.39, 0.29) is 5.56 Å². The Kier molecular flexibility index (Phi) is 7.70. The minimum Gasteiger partial charge on any atom is -0.207 e. The molecule has 0 aromatic heterocycles. The van der Waals surface area contributed by atoms with Crippen molar-refractivity contribution in [2.45, 2.75) is 85.0 Å². The van der Waals surface area contributed by atoms with Gasteiger partial charge in [0.05, 0.1) is 0 Å². The third kappa shape index (κ3) is 5.51. The van der Waals surface area contributed by atoms with Crippen LogP contribution in [0.1, 0.15) is 97.6 Å². The quantitative estimate of drug-likeness (QED) is 0.346. The molecule has 0 spiro atoms. The fraction of sp³-hybridized carbons (Fsp3) is 0.500. The lowest BCUT2D eigenvalue weighted by Crippen LogP contribution is -2.14. The molecule has 30 heavy (non-hydrogen) atoms. The molecule has 3 rings (SSSR count). The van der Waals surface area contributed by atoms with Crippen LogP contribution in [0, 0.1) is 50.2 Å². The summed E-state index contributed by atoms with van der Waals surface area (Å²) in [7, 11) is 0. The highest BCUT2D eigenvalue weighted by molar-refractivity contribution is 5.52. The third-order valence-corrected chi connectivity index (χ3v) is 6.70. The molecular formula is C28H34F2. The molecular weight excluding hydrogens is 374 g/mol. The average molecular weight is 409 g/mol. The molecule has 0 saturated heterocycles. The average Bonchev–Trinajstić information content (AvgIpc) is 2.72. The molecule has 0 nitrogen and oxygen atoms in total. The second-order valence-corrected chi connectivity index (χ2v) is 9.06. The summed E-state index contributed by atoms with van der Waals surface area (Å²) in [6.07, 6.45) is 10.7. The second-order valence-electron chi connectivity index (χ2n) is 9.06. The van der Waals surface area contributed by atoms with Gasteiger partial charge in [-0.2, -0.15) is 0 Å². The first-order valence-corrected chi connectivity index (χ1v) is 11.5. The molecule has 0 N–H and O–H groups in total. The van der Waals surface area contributed by atoms with E-state index in [1.54, 1.807) is 0 Å². The lowest BCUT2D eigenvalue weighted by molar-refractivity contribution is 0.302. The van der Waals surface area contributed by atoms with Crippen LogP contribution in [0.2, 0.25) is 0 Å². The van der Waals surface area contributed by atoms with Crippen molar-refractivity contribution in [2.24, 2.45) is 5.92 Å². The van der Waals surface area contributed by atoms with Gasteiger partial charge in [0.15, 0.2) is 0 Å². The van der Waals surface area contributed by atoms with Crippen molar-refractivity contribution in [3.05, 3.63) is 69.3 Å². The number of rotatable bonds is 5. The molecule has 0 atom stereocenters. The van der Waals surface area contributed by atoms with Crippen LogP contribution >= 0.6 is 0 Å². The summed E-state index contributed by atoms with van der Waals surface area (Å²) in [5.74, 6) is 6.57. The van der Waals surface area contributed by atoms with Gasteiger partial charge in [-0.1, -0.05) is 56.6 Å². The van der Waals surface area contributed by atoms with Gasteiger partial charge in [-0.05, 0) is 87.1 Å². The van der Waals surface area contributed by atoms with E-state index in [4.69, 9.17) is 0 Å². The first-order chi connectivity index (χ1) is 14.4. The zero-order valence-corrected chi connectivity index (χ0v) is 18.9. The van der Waals surface area contributed by atoms with Gasteiger partial charge in [0.25, 0.3) is 0 Å². The van der Waals surface area contributed by atoms with Crippen LogP contribution < -0.4 is 0 Å². The Labute approximate surface area is 181 Å². The SMILES string of the molecule is CCCCCC1CCC(c2cc(C)c(C#Cc3cc(F)c(C)c(F)c3)c(C)c2)CC1. The Morgan fingerprint density at radius 3 is 2.00 bits per heavy atom. The van der Waals surface area contributed by atoms with Crippen molar-refractivity contribution in [3.63, 3.8) is 0 Å². The molecule has 0 heterocycles. The van der Waals surface area contributed by atoms with Crippen molar-refractivity contribution >= 4 is 0 Å². The van der Waals surface area contributed by atoms with Crippen molar-refractivity contribution in [1.82, 2.24) is 0 Å². The van der Waals surface area contributed by atoms with Gasteiger partial charge in [-0.3, -0.25) is 0 Å². The molecule has 0 aliphatic heterocycles. The molecule has 1 fully saturated rings. The van der Waals surface area contributed by atoms with E-state index >= 15 is 0 Å². The van der Waals surface area contributed by atoms with E-state index in [1.165, 1.54) is 76.0 Å². The number of aryl methyl sites for hydroxylation is 2. The molecule has 160 valence electrons. The van der Waals surface area contributed by atoms with Crippen molar-refractivity contribution in [2.75, 3.05) is 0 Å². The summed E-state index contributed by atoms with van der Waals surface area (Å²) in [5, 5.41) is 0. The summed E-state index contributed by atoms with van der Waals surface area (Å²) in [6.45, 7) is 7.89. The minimum absolute atomic E-state index is 0.0392. The van der Waals surface area contributed by atoms with Crippen molar-refractivity contribution in [1.29, 1.82) is 0 Å². The highest BCUT2D eigenvalue weighted by Gasteiger charge is 2.22. The maximum absolute atomic E-state index is 13.8. The van der Waals surface area contributed by atoms with E-state index in [0.717, 1.165) is 22.6 Å². The highest BCUT2D eigenvalue weighted by Crippen LogP contribution is 2.38. The lowest BCUT2D eigenvalue weighted by atomic mass is 9.76. The largest absolute Gasteiger partial charge is 0.207 e. The molecule has 2 aromatic rings. The highest BCUT2D eigenvalue weighted by atomic mass is 19.1. The Bertz CT molecular complexity index is 891. The van der Waals surface area contributed by atoms with Crippen molar-refractivity contribution < 1.29 is 8.78 Å². The van der Waals surface area contributed by atoms with E-state index in [0.29, 0.717) is 11.5 Å². The maximum atomic E-state index is 13.8. The predicted molar refractivity (Wildman–Crippen MR) is 122 cm³/mol. The van der Waals surface area contributed by atoms with Crippen LogP contribution in [0.25, 0.3) is 0 Å². The Morgan fingerprint density at radius 1 is 0.833 bits per heavy atom. The molecule has 0 unspecified atom stereocenters. The summed E-state index contributed by atoms with van der Waals surface area (Å²) in [5.41, 5.74) is 5.10. The van der Waals surface area contributed by atoms with Gasteiger partial charge in [0.2, 0.25) is 0 Å². The topological polar surface area (TPSA) is 0 Å². The maximum Gasteiger partial charge on any atom is 0.130 e. The Balaban J connectivity index is 1.71. The first kappa shape index (κ1) is 22.5. The zero-order valence-electron chi connectivity index (χ0n) is 18.9. The van der Waals surface area contributed by atoms with Gasteiger partial charge < -0.3 is 0 Å². The smallest absolute Gasteiger partial charge is 0.130 e. The molecule has 2 heteroatoms. The fourth-order valence-electron chi connectivity index (χ4n) is 4.75. The van der Waals surface area contributed by atoms with E-state index in [9.17, 15) is 8.78 Å². The molecule has 1 saturated carbocycles. The van der Waals surface area contributed by atoms with Crippen LogP contribution in [-0.4, -0.2) is 0 Å². The Hall–Kier alpha value is -2.14. The standard InChI is InChI=1S/C28H34F2/c1-5-6-7-8-22-9-12-24(13-10-22)25-15-19(2)26(20(3)16-25)14-11-23-17-27(29)21(4)28(30)18-23/h15-18,22,24H,5-10,12-13H2,1-4H3. The van der Waals surface area contributed by atoms with Gasteiger partial charge in [0, 0.05) is 16.7 Å². The third-order valence-electron chi connectivity index (χ3n) is 6.70. The molecule has 0 bridgehead atoms. The number of unbranched alkanes of at least 4 members (excludes halogenated alkanes) is 2. The van der Waals surface area contributed by atoms with E-state index in [1.807, 2.05) is 0 Å². The van der Waals surface area contributed by atoms with Crippen LogP contribution in [0.15, 0.2) is 24.3 Å². The van der Waals surface area contributed by atoms with E-state index in [2.05, 4.69) is 44.7 Å². The van der Waals surface area contributed by atoms with Crippen LogP contribution in [-0.2, 0) is 0 Å². The minimum atomic E-state index is -0.548. The zero-order chi connectivity index (χ0) is 21.7. The molecule has 0 radical (unpaired) electrons. The first-order valence-electron chi connectivity index (χ1n) is 11.5. The molecule has 2 aromatic carbocycles. The number of hydrogen-bond donors (Lipinski definition) is 0. The summed E-state index contributed by atoms with van der Waals surface area (Å²) >= 11 is 0. The number of halogens is 2. The van der Waals surface area contributed by atoms with E-state index < -0.39 is 11.6 Å². The summed E-state index contributed by atoms with van der Waals surface area (Å²) < 4.78 is 27.6. The number of benzene rings is 2. The summed E-state index contributed by atoms with van der Waals surface area (Å²) in [4.78, 5) is 0. The normalized spacial score (nSPS) is 18.7. The lowest BCUT2D eigenvalue weighted by Gasteiger charge is -2.29. The van der Waals surface area contributed by atoms with Gasteiger partial charge in [-0.15, -0.1) is 0 Å². The summed E-state index contributed by atoms with van der Waals surface area (Å²) in [6, 6.07) is 7.16. The van der Waals surface area contributed by atoms with Crippen molar-refractivity contribution in [3.8, 4) is 11.8 Å². The van der Waals surface area contributed by atoms with Gasteiger partial charge >= 0.3 is 0 Å². The molecule has 1 aliphatic rings. The second kappa shape index (κ2) is 10.3. The van der Waals surface area contributed by atoms with Gasteiger partial charge in [0.1, 0.15) is 11.6 Å². The molecule has 0 amide bonds. The monoisotopic (exact) mass is 408 g/mol. The van der Waals surface area contributed by atoms with Gasteiger partial charge in [-0.25, -0.2) is 8.78 Å². The van der Waals surface area contributed by atoms with Crippen LogP contribution in [0.3, 0.4) is 0 Å². The van der Waals surface area contributed by atoms with Crippen LogP contribution in [0.5, 0.6) is 0 Å². The fourth-order valence-corrected chi connectivity index (χ4v) is 4.75. The van der Waals surface area contributed by atoms with Crippen LogP contribution in [0.4, 0.5) is 8.78 Å². The number of hydrogen-bond acceptors (Lipinski definition) is 0. The Morgan fingerprint density at radius 2 is 1.43 bits per heavy atom. The predicted octanol–water partition coefficient (Wildman–Crippen LogP) is 8.14.